The van der Waals surface area contributed by atoms with Crippen LogP contribution in [0.2, 0.25) is 0 Å². The Morgan fingerprint density at radius 2 is 2.15 bits per heavy atom. The van der Waals surface area contributed by atoms with Crippen molar-refractivity contribution in [1.82, 2.24) is 4.90 Å². The minimum Gasteiger partial charge on any atom is -0.352 e. The van der Waals surface area contributed by atoms with Crippen LogP contribution < -0.4 is 0 Å². The van der Waals surface area contributed by atoms with Crippen molar-refractivity contribution < 1.29 is 0 Å². The molecule has 1 aliphatic heterocycles. The minimum absolute atomic E-state index is 0.145. The number of nitrogens with zero attached hydrogens (tertiary/aromatic N) is 2. The topological polar surface area (TPSA) is 15.6 Å². The van der Waals surface area contributed by atoms with Gasteiger partial charge in [-0.1, -0.05) is 0 Å². The molecule has 0 radical (unpaired) electrons. The van der Waals surface area contributed by atoms with E-state index in [1.807, 2.05) is 6.26 Å². The molecule has 0 aromatic rings. The van der Waals surface area contributed by atoms with Gasteiger partial charge in [0, 0.05) is 11.7 Å². The number of hydrogen-bond acceptors (Lipinski definition) is 3. The number of halogens is 1. The molecule has 0 unspecified atom stereocenters. The molecular weight excluding hydrogens is 248 g/mol. The molecule has 0 fully saturated rings. The van der Waals surface area contributed by atoms with E-state index in [4.69, 9.17) is 0 Å². The Morgan fingerprint density at radius 1 is 1.54 bits per heavy atom. The van der Waals surface area contributed by atoms with Crippen molar-refractivity contribution in [1.29, 1.82) is 0 Å². The third-order valence-corrected chi connectivity index (χ3v) is 3.47. The van der Waals surface area contributed by atoms with Crippen molar-refractivity contribution in [3.63, 3.8) is 0 Å². The molecule has 0 saturated carbocycles. The first-order valence-corrected chi connectivity index (χ1v) is 6.20. The molecule has 1 aliphatic rings. The lowest BCUT2D eigenvalue weighted by Crippen LogP contribution is -2.39. The van der Waals surface area contributed by atoms with E-state index in [2.05, 4.69) is 52.8 Å². The molecule has 1 heterocycles. The summed E-state index contributed by atoms with van der Waals surface area (Å²) in [5.74, 6) is 0. The van der Waals surface area contributed by atoms with Crippen LogP contribution in [0.1, 0.15) is 20.8 Å². The van der Waals surface area contributed by atoms with Gasteiger partial charge in [0.1, 0.15) is 11.7 Å². The highest BCUT2D eigenvalue weighted by atomic mass is 79.9. The molecule has 0 bridgehead atoms. The Morgan fingerprint density at radius 3 is 2.54 bits per heavy atom. The van der Waals surface area contributed by atoms with Gasteiger partial charge in [-0.05, 0) is 43.0 Å². The molecule has 13 heavy (non-hydrogen) atoms. The van der Waals surface area contributed by atoms with Crippen molar-refractivity contribution in [2.45, 2.75) is 26.3 Å². The summed E-state index contributed by atoms with van der Waals surface area (Å²) in [5.41, 5.74) is 0.145. The van der Waals surface area contributed by atoms with Crippen LogP contribution in [0.4, 0.5) is 0 Å². The maximum Gasteiger partial charge on any atom is 0.111 e. The van der Waals surface area contributed by atoms with Crippen LogP contribution >= 0.6 is 27.7 Å². The molecule has 0 aromatic heterocycles. The second-order valence-electron chi connectivity index (χ2n) is 3.93. The van der Waals surface area contributed by atoms with Gasteiger partial charge in [-0.2, -0.15) is 0 Å². The molecular formula is C9H15BrN2S. The van der Waals surface area contributed by atoms with Gasteiger partial charge in [-0.15, -0.1) is 11.8 Å². The predicted molar refractivity (Wildman–Crippen MR) is 64.4 cm³/mol. The Balaban J connectivity index is 2.78. The third kappa shape index (κ3) is 2.74. The van der Waals surface area contributed by atoms with Gasteiger partial charge in [0.2, 0.25) is 0 Å². The Hall–Kier alpha value is 0.0400. The summed E-state index contributed by atoms with van der Waals surface area (Å²) in [4.78, 5) is 6.69. The fraction of sp³-hybridized carbons (Fsp3) is 0.667. The second-order valence-corrected chi connectivity index (χ2v) is 5.58. The zero-order chi connectivity index (χ0) is 10.1. The summed E-state index contributed by atoms with van der Waals surface area (Å²) >= 11 is 5.19. The number of hydrogen-bond donors (Lipinski definition) is 0. The summed E-state index contributed by atoms with van der Waals surface area (Å²) in [7, 11) is 0. The Kier molecular flexibility index (Phi) is 3.46. The fourth-order valence-electron chi connectivity index (χ4n) is 1.02. The number of thioether (sulfide) groups is 1. The minimum atomic E-state index is 0.145. The van der Waals surface area contributed by atoms with E-state index in [1.165, 1.54) is 0 Å². The molecule has 4 heteroatoms. The third-order valence-electron chi connectivity index (χ3n) is 1.90. The number of rotatable bonds is 0. The Bertz CT molecular complexity index is 253. The quantitative estimate of drug-likeness (QED) is 0.667. The van der Waals surface area contributed by atoms with Crippen LogP contribution in [0.25, 0.3) is 0 Å². The summed E-state index contributed by atoms with van der Waals surface area (Å²) in [6.45, 7) is 7.31. The first-order valence-electron chi connectivity index (χ1n) is 4.18. The summed E-state index contributed by atoms with van der Waals surface area (Å²) in [6.07, 6.45) is 4.17. The van der Waals surface area contributed by atoms with Crippen LogP contribution in [0.5, 0.6) is 0 Å². The van der Waals surface area contributed by atoms with Gasteiger partial charge >= 0.3 is 0 Å². The highest BCUT2D eigenvalue weighted by molar-refractivity contribution is 9.12. The van der Waals surface area contributed by atoms with Gasteiger partial charge < -0.3 is 4.90 Å². The molecule has 0 spiro atoms. The van der Waals surface area contributed by atoms with E-state index in [0.717, 1.165) is 16.2 Å². The van der Waals surface area contributed by atoms with Crippen molar-refractivity contribution in [3.05, 3.63) is 10.7 Å². The molecule has 1 rings (SSSR count). The van der Waals surface area contributed by atoms with Crippen LogP contribution in [0, 0.1) is 0 Å². The average Bonchev–Trinajstić information content (AvgIpc) is 2.02. The molecule has 0 saturated heterocycles. The first-order chi connectivity index (χ1) is 5.95. The van der Waals surface area contributed by atoms with E-state index in [0.29, 0.717) is 0 Å². The zero-order valence-electron chi connectivity index (χ0n) is 8.47. The van der Waals surface area contributed by atoms with E-state index < -0.39 is 0 Å². The molecule has 0 atom stereocenters. The van der Waals surface area contributed by atoms with Gasteiger partial charge in [0.25, 0.3) is 0 Å². The predicted octanol–water partition coefficient (Wildman–Crippen LogP) is 3.06. The molecule has 0 aromatic carbocycles. The first kappa shape index (κ1) is 11.1. The lowest BCUT2D eigenvalue weighted by Gasteiger charge is -2.35. The monoisotopic (exact) mass is 262 g/mol. The van der Waals surface area contributed by atoms with Crippen molar-refractivity contribution in [3.8, 4) is 0 Å². The van der Waals surface area contributed by atoms with Crippen LogP contribution in [-0.4, -0.2) is 28.4 Å². The van der Waals surface area contributed by atoms with Crippen LogP contribution in [-0.2, 0) is 0 Å². The second kappa shape index (κ2) is 4.05. The van der Waals surface area contributed by atoms with Gasteiger partial charge in [-0.25, -0.2) is 0 Å². The van der Waals surface area contributed by atoms with Crippen LogP contribution in [0.3, 0.4) is 0 Å². The maximum absolute atomic E-state index is 4.47. The maximum atomic E-state index is 4.47. The molecule has 0 aliphatic carbocycles. The van der Waals surface area contributed by atoms with Crippen molar-refractivity contribution in [2.75, 3.05) is 12.9 Å². The molecule has 2 nitrogen and oxygen atoms in total. The van der Waals surface area contributed by atoms with Crippen LogP contribution in [0.15, 0.2) is 15.7 Å². The fourth-order valence-corrected chi connectivity index (χ4v) is 2.31. The van der Waals surface area contributed by atoms with E-state index in [-0.39, 0.29) is 5.54 Å². The Labute approximate surface area is 92.6 Å². The molecule has 0 N–H and O–H groups in total. The normalized spacial score (nSPS) is 18.4. The number of aliphatic imine (C=N–C) groups is 1. The largest absolute Gasteiger partial charge is 0.352 e. The zero-order valence-corrected chi connectivity index (χ0v) is 10.9. The van der Waals surface area contributed by atoms with Gasteiger partial charge in [0.15, 0.2) is 0 Å². The summed E-state index contributed by atoms with van der Waals surface area (Å²) in [5, 5.41) is 1.08. The van der Waals surface area contributed by atoms with E-state index >= 15 is 0 Å². The average molecular weight is 263 g/mol. The van der Waals surface area contributed by atoms with Gasteiger partial charge in [-0.3, -0.25) is 4.99 Å². The smallest absolute Gasteiger partial charge is 0.111 e. The summed E-state index contributed by atoms with van der Waals surface area (Å²) < 4.78 is 1.08. The highest BCUT2D eigenvalue weighted by Gasteiger charge is 2.21. The van der Waals surface area contributed by atoms with E-state index in [1.54, 1.807) is 11.8 Å². The SMILES string of the molecule is CSC1=NCN(C(C)(C)C)C=C1Br. The standard InChI is InChI=1S/C9H15BrN2S/c1-9(2,3)12-5-7(10)8(13-4)11-6-12/h5H,6H2,1-4H3. The van der Waals surface area contributed by atoms with Crippen molar-refractivity contribution in [2.24, 2.45) is 4.99 Å². The van der Waals surface area contributed by atoms with E-state index in [9.17, 15) is 0 Å². The molecule has 74 valence electrons. The highest BCUT2D eigenvalue weighted by Crippen LogP contribution is 2.25. The lowest BCUT2D eigenvalue weighted by atomic mass is 10.1. The van der Waals surface area contributed by atoms with Crippen molar-refractivity contribution >= 4 is 32.7 Å². The summed E-state index contributed by atoms with van der Waals surface area (Å²) in [6, 6.07) is 0. The van der Waals surface area contributed by atoms with Gasteiger partial charge in [0.05, 0.1) is 4.48 Å². The lowest BCUT2D eigenvalue weighted by molar-refractivity contribution is 0.210. The molecule has 0 amide bonds.